The van der Waals surface area contributed by atoms with E-state index in [9.17, 15) is 4.79 Å². The number of hydrogen-bond donors (Lipinski definition) is 1. The predicted molar refractivity (Wildman–Crippen MR) is 98.6 cm³/mol. The summed E-state index contributed by atoms with van der Waals surface area (Å²) in [5.41, 5.74) is 7.36. The molecule has 0 aliphatic carbocycles. The highest BCUT2D eigenvalue weighted by Crippen LogP contribution is 2.24. The van der Waals surface area contributed by atoms with Crippen molar-refractivity contribution in [2.24, 2.45) is 5.73 Å². The summed E-state index contributed by atoms with van der Waals surface area (Å²) in [5.74, 6) is 0.745. The van der Waals surface area contributed by atoms with Crippen LogP contribution < -0.4 is 11.3 Å². The van der Waals surface area contributed by atoms with Crippen molar-refractivity contribution in [3.05, 3.63) is 75.3 Å². The maximum atomic E-state index is 12.9. The molecule has 2 aromatic carbocycles. The lowest BCUT2D eigenvalue weighted by molar-refractivity contribution is 0.575. The van der Waals surface area contributed by atoms with E-state index >= 15 is 0 Å². The van der Waals surface area contributed by atoms with Crippen LogP contribution in [0.3, 0.4) is 0 Å². The van der Waals surface area contributed by atoms with Crippen LogP contribution in [0.4, 0.5) is 0 Å². The van der Waals surface area contributed by atoms with Gasteiger partial charge in [-0.15, -0.1) is 0 Å². The zero-order valence-electron chi connectivity index (χ0n) is 13.6. The van der Waals surface area contributed by atoms with E-state index in [1.165, 1.54) is 0 Å². The Hall–Kier alpha value is -2.17. The molecule has 1 aromatic heterocycles. The van der Waals surface area contributed by atoms with Gasteiger partial charge in [-0.3, -0.25) is 9.36 Å². The molecule has 0 amide bonds. The van der Waals surface area contributed by atoms with Crippen molar-refractivity contribution in [2.75, 3.05) is 6.54 Å². The van der Waals surface area contributed by atoms with Gasteiger partial charge in [0.2, 0.25) is 0 Å². The number of aromatic nitrogens is 2. The zero-order chi connectivity index (χ0) is 17.1. The highest BCUT2D eigenvalue weighted by molar-refractivity contribution is 6.31. The van der Waals surface area contributed by atoms with Gasteiger partial charge in [-0.1, -0.05) is 48.9 Å². The third-order valence-corrected chi connectivity index (χ3v) is 4.45. The third-order valence-electron chi connectivity index (χ3n) is 4.22. The summed E-state index contributed by atoms with van der Waals surface area (Å²) in [6.45, 7) is 3.16. The Balaban J connectivity index is 2.21. The molecule has 3 aromatic rings. The van der Waals surface area contributed by atoms with Crippen molar-refractivity contribution in [1.29, 1.82) is 0 Å². The Morgan fingerprint density at radius 3 is 2.67 bits per heavy atom. The van der Waals surface area contributed by atoms with E-state index in [1.807, 2.05) is 30.3 Å². The van der Waals surface area contributed by atoms with Gasteiger partial charge in [-0.05, 0) is 36.7 Å². The molecule has 4 nitrogen and oxygen atoms in total. The molecule has 0 saturated carbocycles. The van der Waals surface area contributed by atoms with E-state index in [1.54, 1.807) is 22.8 Å². The number of hydrogen-bond acceptors (Lipinski definition) is 3. The molecule has 0 aliphatic heterocycles. The van der Waals surface area contributed by atoms with Gasteiger partial charge in [0.1, 0.15) is 5.82 Å². The number of nitrogens with zero attached hydrogens (tertiary/aromatic N) is 2. The van der Waals surface area contributed by atoms with E-state index in [-0.39, 0.29) is 11.5 Å². The Morgan fingerprint density at radius 1 is 1.21 bits per heavy atom. The summed E-state index contributed by atoms with van der Waals surface area (Å²) in [6.07, 6.45) is 0.731. The quantitative estimate of drug-likeness (QED) is 0.772. The molecule has 124 valence electrons. The second-order valence-electron chi connectivity index (χ2n) is 5.86. The SMILES string of the molecule is CC(c1ccccc1)c1nc2cc(Cl)ccc2c(=O)n1CCCN. The van der Waals surface area contributed by atoms with Crippen LogP contribution in [0.5, 0.6) is 0 Å². The van der Waals surface area contributed by atoms with Gasteiger partial charge in [-0.25, -0.2) is 4.98 Å². The minimum Gasteiger partial charge on any atom is -0.330 e. The van der Waals surface area contributed by atoms with Crippen molar-refractivity contribution in [3.8, 4) is 0 Å². The van der Waals surface area contributed by atoms with E-state index in [0.717, 1.165) is 17.8 Å². The fraction of sp³-hybridized carbons (Fsp3) is 0.263. The molecule has 1 atom stereocenters. The maximum Gasteiger partial charge on any atom is 0.261 e. The molecule has 0 aliphatic rings. The standard InChI is InChI=1S/C19H20ClN3O/c1-13(14-6-3-2-4-7-14)18-22-17-12-15(20)8-9-16(17)19(24)23(18)11-5-10-21/h2-4,6-9,12-13H,5,10-11,21H2,1H3. The fourth-order valence-corrected chi connectivity index (χ4v) is 3.06. The topological polar surface area (TPSA) is 60.9 Å². The van der Waals surface area contributed by atoms with Gasteiger partial charge < -0.3 is 5.73 Å². The molecular formula is C19H20ClN3O. The molecule has 2 N–H and O–H groups in total. The highest BCUT2D eigenvalue weighted by atomic mass is 35.5. The van der Waals surface area contributed by atoms with Gasteiger partial charge in [0, 0.05) is 17.5 Å². The van der Waals surface area contributed by atoms with Crippen LogP contribution in [-0.4, -0.2) is 16.1 Å². The van der Waals surface area contributed by atoms with Crippen molar-refractivity contribution < 1.29 is 0 Å². The summed E-state index contributed by atoms with van der Waals surface area (Å²) >= 11 is 6.08. The van der Waals surface area contributed by atoms with E-state index < -0.39 is 0 Å². The van der Waals surface area contributed by atoms with Gasteiger partial charge in [0.15, 0.2) is 0 Å². The van der Waals surface area contributed by atoms with Crippen molar-refractivity contribution in [3.63, 3.8) is 0 Å². The number of fused-ring (bicyclic) bond motifs is 1. The maximum absolute atomic E-state index is 12.9. The van der Waals surface area contributed by atoms with Crippen LogP contribution in [0.15, 0.2) is 53.3 Å². The van der Waals surface area contributed by atoms with Crippen LogP contribution in [0.1, 0.15) is 30.7 Å². The first kappa shape index (κ1) is 16.7. The molecule has 1 unspecified atom stereocenters. The van der Waals surface area contributed by atoms with Crippen molar-refractivity contribution in [1.82, 2.24) is 9.55 Å². The van der Waals surface area contributed by atoms with Gasteiger partial charge in [0.05, 0.1) is 10.9 Å². The minimum atomic E-state index is -0.0390. The van der Waals surface area contributed by atoms with Crippen LogP contribution >= 0.6 is 11.6 Å². The lowest BCUT2D eigenvalue weighted by Gasteiger charge is -2.19. The molecule has 3 rings (SSSR count). The van der Waals surface area contributed by atoms with E-state index in [4.69, 9.17) is 22.3 Å². The summed E-state index contributed by atoms with van der Waals surface area (Å²) in [4.78, 5) is 17.7. The largest absolute Gasteiger partial charge is 0.330 e. The smallest absolute Gasteiger partial charge is 0.261 e. The Morgan fingerprint density at radius 2 is 1.96 bits per heavy atom. The van der Waals surface area contributed by atoms with Crippen LogP contribution in [0.25, 0.3) is 10.9 Å². The number of nitrogens with two attached hydrogens (primary N) is 1. The second kappa shape index (κ2) is 7.16. The molecule has 0 radical (unpaired) electrons. The Kier molecular flexibility index (Phi) is 4.97. The summed E-state index contributed by atoms with van der Waals surface area (Å²) in [6, 6.07) is 15.3. The van der Waals surface area contributed by atoms with Crippen LogP contribution in [-0.2, 0) is 6.54 Å². The molecule has 0 spiro atoms. The van der Waals surface area contributed by atoms with Crippen LogP contribution in [0, 0.1) is 0 Å². The minimum absolute atomic E-state index is 0.0000520. The van der Waals surface area contributed by atoms with Gasteiger partial charge in [-0.2, -0.15) is 0 Å². The first-order valence-corrected chi connectivity index (χ1v) is 8.44. The van der Waals surface area contributed by atoms with Gasteiger partial charge in [0.25, 0.3) is 5.56 Å². The lowest BCUT2D eigenvalue weighted by atomic mass is 10.00. The first-order valence-electron chi connectivity index (χ1n) is 8.07. The lowest BCUT2D eigenvalue weighted by Crippen LogP contribution is -2.28. The molecule has 5 heteroatoms. The fourth-order valence-electron chi connectivity index (χ4n) is 2.90. The zero-order valence-corrected chi connectivity index (χ0v) is 14.3. The van der Waals surface area contributed by atoms with Crippen molar-refractivity contribution in [2.45, 2.75) is 25.8 Å². The summed E-state index contributed by atoms with van der Waals surface area (Å²) in [7, 11) is 0. The normalized spacial score (nSPS) is 12.5. The van der Waals surface area contributed by atoms with Crippen LogP contribution in [0.2, 0.25) is 5.02 Å². The average Bonchev–Trinajstić information content (AvgIpc) is 2.60. The molecule has 0 saturated heterocycles. The molecule has 0 fully saturated rings. The van der Waals surface area contributed by atoms with E-state index in [2.05, 4.69) is 6.92 Å². The molecule has 0 bridgehead atoms. The summed E-state index contributed by atoms with van der Waals surface area (Å²) in [5, 5.41) is 1.16. The second-order valence-corrected chi connectivity index (χ2v) is 6.30. The number of halogens is 1. The first-order chi connectivity index (χ1) is 11.6. The molecule has 24 heavy (non-hydrogen) atoms. The predicted octanol–water partition coefficient (Wildman–Crippen LogP) is 3.55. The number of benzene rings is 2. The third kappa shape index (κ3) is 3.21. The van der Waals surface area contributed by atoms with E-state index in [0.29, 0.717) is 29.0 Å². The Bertz CT molecular complexity index is 906. The number of rotatable bonds is 5. The highest BCUT2D eigenvalue weighted by Gasteiger charge is 2.18. The molecule has 1 heterocycles. The van der Waals surface area contributed by atoms with Gasteiger partial charge >= 0.3 is 0 Å². The Labute approximate surface area is 145 Å². The average molecular weight is 342 g/mol. The molecular weight excluding hydrogens is 322 g/mol. The van der Waals surface area contributed by atoms with Crippen molar-refractivity contribution >= 4 is 22.5 Å². The monoisotopic (exact) mass is 341 g/mol. The summed E-state index contributed by atoms with van der Waals surface area (Å²) < 4.78 is 1.75.